The predicted molar refractivity (Wildman–Crippen MR) is 71.6 cm³/mol. The average Bonchev–Trinajstić information content (AvgIpc) is 2.88. The van der Waals surface area contributed by atoms with Crippen LogP contribution in [0.2, 0.25) is 5.02 Å². The molecule has 1 aliphatic rings. The number of hydrogen-bond donors (Lipinski definition) is 1. The van der Waals surface area contributed by atoms with Crippen LogP contribution in [0.3, 0.4) is 0 Å². The third-order valence-electron chi connectivity index (χ3n) is 3.39. The minimum absolute atomic E-state index is 0.229. The number of aromatic nitrogens is 1. The van der Waals surface area contributed by atoms with E-state index in [1.165, 1.54) is 11.7 Å². The molecule has 20 heavy (non-hydrogen) atoms. The van der Waals surface area contributed by atoms with E-state index >= 15 is 0 Å². The van der Waals surface area contributed by atoms with Gasteiger partial charge in [0.25, 0.3) is 0 Å². The number of carboxylic acids is 1. The minimum atomic E-state index is -1.00. The summed E-state index contributed by atoms with van der Waals surface area (Å²) in [6.07, 6.45) is -0.229. The average molecular weight is 295 g/mol. The number of halogens is 1. The maximum Gasteiger partial charge on any atom is 0.353 e. The second kappa shape index (κ2) is 4.50. The first-order valence-electron chi connectivity index (χ1n) is 5.94. The molecule has 104 valence electrons. The molecule has 7 heteroatoms. The van der Waals surface area contributed by atoms with Crippen LogP contribution in [-0.4, -0.2) is 33.8 Å². The number of fused-ring (bicyclic) bond motifs is 3. The number of hydroxylamine groups is 2. The summed E-state index contributed by atoms with van der Waals surface area (Å²) >= 11 is 6.11. The van der Waals surface area contributed by atoms with Gasteiger partial charge in [0.1, 0.15) is 6.04 Å². The van der Waals surface area contributed by atoms with Crippen LogP contribution in [0.1, 0.15) is 18.2 Å². The van der Waals surface area contributed by atoms with Gasteiger partial charge in [0.05, 0.1) is 24.7 Å². The van der Waals surface area contributed by atoms with Crippen LogP contribution in [0, 0.1) is 0 Å². The van der Waals surface area contributed by atoms with Crippen molar-refractivity contribution in [2.45, 2.75) is 12.5 Å². The Hall–Kier alpha value is -2.05. The van der Waals surface area contributed by atoms with Crippen molar-refractivity contribution >= 4 is 34.5 Å². The summed E-state index contributed by atoms with van der Waals surface area (Å²) in [6, 6.07) is 5.90. The number of carbonyl (C=O) groups is 2. The number of amides is 1. The molecule has 0 saturated carbocycles. The van der Waals surface area contributed by atoms with Gasteiger partial charge < -0.3 is 5.11 Å². The Bertz CT molecular complexity index is 724. The molecule has 1 N–H and O–H groups in total. The quantitative estimate of drug-likeness (QED) is 0.944. The summed E-state index contributed by atoms with van der Waals surface area (Å²) in [4.78, 5) is 28.3. The molecule has 1 aromatic carbocycles. The van der Waals surface area contributed by atoms with Gasteiger partial charge in [-0.3, -0.25) is 14.2 Å². The highest BCUT2D eigenvalue weighted by atomic mass is 35.5. The van der Waals surface area contributed by atoms with E-state index in [9.17, 15) is 9.59 Å². The molecule has 0 radical (unpaired) electrons. The number of carboxylic acid groups (broad SMARTS) is 1. The van der Waals surface area contributed by atoms with Gasteiger partial charge in [0.15, 0.2) is 0 Å². The van der Waals surface area contributed by atoms with E-state index in [1.54, 1.807) is 24.3 Å². The van der Waals surface area contributed by atoms with Gasteiger partial charge in [-0.25, -0.2) is 4.79 Å². The van der Waals surface area contributed by atoms with Crippen LogP contribution in [0.15, 0.2) is 24.3 Å². The molecule has 0 aliphatic carbocycles. The predicted octanol–water partition coefficient (Wildman–Crippen LogP) is 2.66. The second-order valence-electron chi connectivity index (χ2n) is 4.48. The Balaban J connectivity index is 2.22. The molecule has 2 aromatic rings. The standard InChI is InChI=1S/C13H11ClN2O4/c1-20-16-11(6-12(17)18)10-5-7-8(14)3-2-4-9(7)15(10)13(16)19/h2-5,11H,6H2,1H3,(H,17,18). The van der Waals surface area contributed by atoms with E-state index < -0.39 is 18.0 Å². The summed E-state index contributed by atoms with van der Waals surface area (Å²) in [5.74, 6) is -1.00. The normalized spacial score (nSPS) is 17.8. The van der Waals surface area contributed by atoms with E-state index in [1.807, 2.05) is 0 Å². The van der Waals surface area contributed by atoms with Crippen molar-refractivity contribution < 1.29 is 19.5 Å². The number of benzene rings is 1. The summed E-state index contributed by atoms with van der Waals surface area (Å²) in [7, 11) is 1.34. The Kier molecular flexibility index (Phi) is 2.92. The molecule has 3 rings (SSSR count). The Morgan fingerprint density at radius 1 is 1.50 bits per heavy atom. The summed E-state index contributed by atoms with van der Waals surface area (Å²) in [5.41, 5.74) is 1.22. The molecule has 0 saturated heterocycles. The third kappa shape index (κ3) is 1.69. The largest absolute Gasteiger partial charge is 0.481 e. The highest BCUT2D eigenvalue weighted by molar-refractivity contribution is 6.35. The molecular weight excluding hydrogens is 284 g/mol. The maximum atomic E-state index is 12.3. The zero-order chi connectivity index (χ0) is 14.4. The molecule has 6 nitrogen and oxygen atoms in total. The molecule has 0 bridgehead atoms. The van der Waals surface area contributed by atoms with Gasteiger partial charge in [-0.15, -0.1) is 0 Å². The molecule has 1 aliphatic heterocycles. The Morgan fingerprint density at radius 3 is 2.90 bits per heavy atom. The first-order chi connectivity index (χ1) is 9.54. The Morgan fingerprint density at radius 2 is 2.25 bits per heavy atom. The van der Waals surface area contributed by atoms with Crippen LogP contribution < -0.4 is 0 Å². The van der Waals surface area contributed by atoms with Crippen LogP contribution in [0.5, 0.6) is 0 Å². The van der Waals surface area contributed by atoms with Crippen molar-refractivity contribution in [3.05, 3.63) is 35.0 Å². The summed E-state index contributed by atoms with van der Waals surface area (Å²) in [6.45, 7) is 0. The van der Waals surface area contributed by atoms with E-state index in [-0.39, 0.29) is 6.42 Å². The monoisotopic (exact) mass is 294 g/mol. The number of nitrogens with zero attached hydrogens (tertiary/aromatic N) is 2. The molecular formula is C13H11ClN2O4. The molecule has 2 heterocycles. The van der Waals surface area contributed by atoms with Gasteiger partial charge in [-0.1, -0.05) is 17.7 Å². The smallest absolute Gasteiger partial charge is 0.353 e. The van der Waals surface area contributed by atoms with E-state index in [4.69, 9.17) is 21.5 Å². The SMILES string of the molecule is CON1C(=O)n2c(cc3c(Cl)cccc32)C1CC(=O)O. The van der Waals surface area contributed by atoms with Crippen molar-refractivity contribution in [3.63, 3.8) is 0 Å². The van der Waals surface area contributed by atoms with Crippen LogP contribution in [0.4, 0.5) is 4.79 Å². The zero-order valence-electron chi connectivity index (χ0n) is 10.5. The van der Waals surface area contributed by atoms with E-state index in [0.717, 1.165) is 10.4 Å². The Labute approximate surface area is 119 Å². The van der Waals surface area contributed by atoms with Crippen molar-refractivity contribution in [3.8, 4) is 0 Å². The number of carbonyl (C=O) groups excluding carboxylic acids is 1. The summed E-state index contributed by atoms with van der Waals surface area (Å²) < 4.78 is 1.44. The fourth-order valence-electron chi connectivity index (χ4n) is 2.58. The first-order valence-corrected chi connectivity index (χ1v) is 6.31. The molecule has 0 spiro atoms. The van der Waals surface area contributed by atoms with Crippen LogP contribution >= 0.6 is 11.6 Å². The highest BCUT2D eigenvalue weighted by Crippen LogP contribution is 2.38. The molecule has 0 fully saturated rings. The minimum Gasteiger partial charge on any atom is -0.481 e. The molecule has 1 atom stereocenters. The van der Waals surface area contributed by atoms with Gasteiger partial charge in [-0.05, 0) is 18.2 Å². The topological polar surface area (TPSA) is 71.8 Å². The number of aliphatic carboxylic acids is 1. The fraction of sp³-hybridized carbons (Fsp3) is 0.231. The first kappa shape index (κ1) is 13.0. The zero-order valence-corrected chi connectivity index (χ0v) is 11.3. The lowest BCUT2D eigenvalue weighted by molar-refractivity contribution is -0.146. The molecule has 1 amide bonds. The van der Waals surface area contributed by atoms with Crippen LogP contribution in [-0.2, 0) is 9.63 Å². The lowest BCUT2D eigenvalue weighted by Gasteiger charge is -2.19. The summed E-state index contributed by atoms with van der Waals surface area (Å²) in [5, 5.41) is 11.3. The number of rotatable bonds is 3. The van der Waals surface area contributed by atoms with Gasteiger partial charge in [-0.2, -0.15) is 5.06 Å². The van der Waals surface area contributed by atoms with Gasteiger partial charge in [0, 0.05) is 10.4 Å². The van der Waals surface area contributed by atoms with Crippen LogP contribution in [0.25, 0.3) is 10.9 Å². The van der Waals surface area contributed by atoms with Gasteiger partial charge in [0.2, 0.25) is 0 Å². The lowest BCUT2D eigenvalue weighted by atomic mass is 10.1. The third-order valence-corrected chi connectivity index (χ3v) is 3.72. The maximum absolute atomic E-state index is 12.3. The van der Waals surface area contributed by atoms with Gasteiger partial charge >= 0.3 is 12.0 Å². The lowest BCUT2D eigenvalue weighted by Crippen LogP contribution is -2.29. The van der Waals surface area contributed by atoms with Crippen molar-refractivity contribution in [2.24, 2.45) is 0 Å². The van der Waals surface area contributed by atoms with Crippen molar-refractivity contribution in [1.29, 1.82) is 0 Å². The van der Waals surface area contributed by atoms with E-state index in [0.29, 0.717) is 16.2 Å². The fourth-order valence-corrected chi connectivity index (χ4v) is 2.81. The van der Waals surface area contributed by atoms with E-state index in [2.05, 4.69) is 0 Å². The van der Waals surface area contributed by atoms with Crippen molar-refractivity contribution in [2.75, 3.05) is 7.11 Å². The second-order valence-corrected chi connectivity index (χ2v) is 4.89. The molecule has 1 unspecified atom stereocenters. The van der Waals surface area contributed by atoms with Crippen molar-refractivity contribution in [1.82, 2.24) is 9.63 Å². The highest BCUT2D eigenvalue weighted by Gasteiger charge is 2.40. The molecule has 1 aromatic heterocycles. The number of hydrogen-bond acceptors (Lipinski definition) is 3.